The van der Waals surface area contributed by atoms with Crippen LogP contribution in [0.3, 0.4) is 0 Å². The van der Waals surface area contributed by atoms with Gasteiger partial charge >= 0.3 is 11.9 Å². The zero-order valence-corrected chi connectivity index (χ0v) is 14.1. The van der Waals surface area contributed by atoms with Crippen LogP contribution in [0.25, 0.3) is 0 Å². The summed E-state index contributed by atoms with van der Waals surface area (Å²) in [6.07, 6.45) is 0.359. The molecule has 130 valence electrons. The molecule has 0 unspecified atom stereocenters. The maximum atomic E-state index is 12.0. The van der Waals surface area contributed by atoms with Gasteiger partial charge in [-0.05, 0) is 23.3 Å². The molecule has 0 aliphatic rings. The summed E-state index contributed by atoms with van der Waals surface area (Å²) in [5.41, 5.74) is 1.76. The number of rotatable bonds is 6. The van der Waals surface area contributed by atoms with E-state index in [1.165, 1.54) is 6.07 Å². The molecular weight excluding hydrogens is 328 g/mol. The van der Waals surface area contributed by atoms with Gasteiger partial charge in [0.1, 0.15) is 11.5 Å². The van der Waals surface area contributed by atoms with Crippen LogP contribution < -0.4 is 9.47 Å². The molecule has 4 nitrogen and oxygen atoms in total. The number of benzene rings is 3. The lowest BCUT2D eigenvalue weighted by molar-refractivity contribution is -0.134. The third-order valence-corrected chi connectivity index (χ3v) is 3.65. The molecule has 0 saturated carbocycles. The minimum absolute atomic E-state index is 0.179. The van der Waals surface area contributed by atoms with E-state index in [0.29, 0.717) is 11.5 Å². The fourth-order valence-electron chi connectivity index (χ4n) is 2.46. The minimum Gasteiger partial charge on any atom is -0.426 e. The van der Waals surface area contributed by atoms with Gasteiger partial charge in [-0.15, -0.1) is 0 Å². The highest BCUT2D eigenvalue weighted by Gasteiger charge is 2.10. The Morgan fingerprint density at radius 2 is 1.00 bits per heavy atom. The predicted octanol–water partition coefficient (Wildman–Crippen LogP) is 3.98. The number of hydrogen-bond donors (Lipinski definition) is 0. The summed E-state index contributed by atoms with van der Waals surface area (Å²) >= 11 is 0. The average molecular weight is 346 g/mol. The van der Waals surface area contributed by atoms with Crippen LogP contribution in [0, 0.1) is 0 Å². The molecule has 0 aromatic heterocycles. The van der Waals surface area contributed by atoms with Crippen molar-refractivity contribution in [3.63, 3.8) is 0 Å². The van der Waals surface area contributed by atoms with Crippen molar-refractivity contribution in [1.29, 1.82) is 0 Å². The average Bonchev–Trinajstić information content (AvgIpc) is 2.63. The first kappa shape index (κ1) is 17.4. The van der Waals surface area contributed by atoms with Crippen molar-refractivity contribution in [3.8, 4) is 11.5 Å². The fraction of sp³-hybridized carbons (Fsp3) is 0.0909. The normalized spacial score (nSPS) is 10.2. The highest BCUT2D eigenvalue weighted by molar-refractivity contribution is 5.76. The van der Waals surface area contributed by atoms with Crippen LogP contribution in [0.15, 0.2) is 84.9 Å². The molecular formula is C22H18O4. The topological polar surface area (TPSA) is 52.6 Å². The van der Waals surface area contributed by atoms with E-state index >= 15 is 0 Å². The second-order valence-electron chi connectivity index (χ2n) is 5.75. The molecule has 0 radical (unpaired) electrons. The number of hydrogen-bond acceptors (Lipinski definition) is 4. The van der Waals surface area contributed by atoms with Crippen LogP contribution in [-0.2, 0) is 22.4 Å². The maximum Gasteiger partial charge on any atom is 0.315 e. The molecule has 0 aliphatic heterocycles. The summed E-state index contributed by atoms with van der Waals surface area (Å²) in [4.78, 5) is 24.1. The molecule has 3 rings (SSSR count). The molecule has 0 amide bonds. The van der Waals surface area contributed by atoms with E-state index in [9.17, 15) is 9.59 Å². The van der Waals surface area contributed by atoms with Crippen LogP contribution >= 0.6 is 0 Å². The number of esters is 2. The summed E-state index contributed by atoms with van der Waals surface area (Å²) in [6, 6.07) is 25.2. The van der Waals surface area contributed by atoms with E-state index in [1.807, 2.05) is 60.7 Å². The smallest absolute Gasteiger partial charge is 0.315 e. The van der Waals surface area contributed by atoms with Gasteiger partial charge in [0.05, 0.1) is 12.8 Å². The van der Waals surface area contributed by atoms with Gasteiger partial charge in [0.25, 0.3) is 0 Å². The fourth-order valence-corrected chi connectivity index (χ4v) is 2.46. The Labute approximate surface area is 152 Å². The number of carbonyl (C=O) groups is 2. The zero-order chi connectivity index (χ0) is 18.2. The molecule has 3 aromatic rings. The summed E-state index contributed by atoms with van der Waals surface area (Å²) < 4.78 is 10.7. The third kappa shape index (κ3) is 5.31. The Hall–Kier alpha value is -3.40. The van der Waals surface area contributed by atoms with Gasteiger partial charge in [-0.2, -0.15) is 0 Å². The molecule has 0 N–H and O–H groups in total. The maximum absolute atomic E-state index is 12.0. The number of ether oxygens (including phenoxy) is 2. The Bertz CT molecular complexity index is 802. The van der Waals surface area contributed by atoms with E-state index in [0.717, 1.165) is 11.1 Å². The predicted molar refractivity (Wildman–Crippen MR) is 98.0 cm³/mol. The molecule has 0 spiro atoms. The van der Waals surface area contributed by atoms with Crippen molar-refractivity contribution in [2.75, 3.05) is 0 Å². The molecule has 26 heavy (non-hydrogen) atoms. The molecule has 4 heteroatoms. The van der Waals surface area contributed by atoms with Gasteiger partial charge in [-0.3, -0.25) is 9.59 Å². The second kappa shape index (κ2) is 8.62. The Morgan fingerprint density at radius 1 is 0.577 bits per heavy atom. The van der Waals surface area contributed by atoms with Crippen molar-refractivity contribution in [2.45, 2.75) is 12.8 Å². The van der Waals surface area contributed by atoms with Crippen molar-refractivity contribution < 1.29 is 19.1 Å². The van der Waals surface area contributed by atoms with Crippen LogP contribution in [0.5, 0.6) is 11.5 Å². The Balaban J connectivity index is 1.57. The minimum atomic E-state index is -0.371. The lowest BCUT2D eigenvalue weighted by atomic mass is 10.1. The SMILES string of the molecule is O=C(Cc1ccccc1)Oc1cccc(OC(=O)Cc2ccccc2)c1. The zero-order valence-electron chi connectivity index (χ0n) is 14.1. The van der Waals surface area contributed by atoms with Crippen LogP contribution in [0.1, 0.15) is 11.1 Å². The summed E-state index contributed by atoms with van der Waals surface area (Å²) in [6.45, 7) is 0. The highest BCUT2D eigenvalue weighted by atomic mass is 16.5. The largest absolute Gasteiger partial charge is 0.426 e. The molecule has 0 bridgehead atoms. The van der Waals surface area contributed by atoms with Crippen molar-refractivity contribution in [1.82, 2.24) is 0 Å². The third-order valence-electron chi connectivity index (χ3n) is 3.65. The van der Waals surface area contributed by atoms with Crippen molar-refractivity contribution >= 4 is 11.9 Å². The standard InChI is InChI=1S/C22H18O4/c23-21(14-17-8-3-1-4-9-17)25-19-12-7-13-20(16-19)26-22(24)15-18-10-5-2-6-11-18/h1-13,16H,14-15H2. The molecule has 0 fully saturated rings. The lowest BCUT2D eigenvalue weighted by Crippen LogP contribution is -2.12. The van der Waals surface area contributed by atoms with Gasteiger partial charge in [-0.1, -0.05) is 66.7 Å². The Kier molecular flexibility index (Phi) is 5.78. The van der Waals surface area contributed by atoms with Gasteiger partial charge in [-0.25, -0.2) is 0 Å². The second-order valence-corrected chi connectivity index (χ2v) is 5.75. The first-order valence-corrected chi connectivity index (χ1v) is 8.28. The lowest BCUT2D eigenvalue weighted by Gasteiger charge is -2.08. The summed E-state index contributed by atoms with van der Waals surface area (Å²) in [5, 5.41) is 0. The van der Waals surface area contributed by atoms with E-state index in [-0.39, 0.29) is 24.8 Å². The van der Waals surface area contributed by atoms with Crippen molar-refractivity contribution in [3.05, 3.63) is 96.1 Å². The molecule has 0 aliphatic carbocycles. The van der Waals surface area contributed by atoms with E-state index < -0.39 is 0 Å². The van der Waals surface area contributed by atoms with Gasteiger partial charge in [0.2, 0.25) is 0 Å². The molecule has 0 saturated heterocycles. The highest BCUT2D eigenvalue weighted by Crippen LogP contribution is 2.20. The van der Waals surface area contributed by atoms with Gasteiger partial charge in [0, 0.05) is 6.07 Å². The van der Waals surface area contributed by atoms with Crippen LogP contribution in [-0.4, -0.2) is 11.9 Å². The Morgan fingerprint density at radius 3 is 1.42 bits per heavy atom. The van der Waals surface area contributed by atoms with Crippen LogP contribution in [0.4, 0.5) is 0 Å². The molecule has 0 heterocycles. The van der Waals surface area contributed by atoms with Crippen molar-refractivity contribution in [2.24, 2.45) is 0 Å². The quantitative estimate of drug-likeness (QED) is 0.500. The summed E-state index contributed by atoms with van der Waals surface area (Å²) in [7, 11) is 0. The molecule has 3 aromatic carbocycles. The van der Waals surface area contributed by atoms with E-state index in [2.05, 4.69) is 0 Å². The van der Waals surface area contributed by atoms with Gasteiger partial charge in [0.15, 0.2) is 0 Å². The molecule has 0 atom stereocenters. The summed E-state index contributed by atoms with van der Waals surface area (Å²) in [5.74, 6) is -0.0557. The monoisotopic (exact) mass is 346 g/mol. The number of carbonyl (C=O) groups excluding carboxylic acids is 2. The first-order valence-electron chi connectivity index (χ1n) is 8.28. The van der Waals surface area contributed by atoms with E-state index in [4.69, 9.17) is 9.47 Å². The van der Waals surface area contributed by atoms with Crippen LogP contribution in [0.2, 0.25) is 0 Å². The van der Waals surface area contributed by atoms with Gasteiger partial charge < -0.3 is 9.47 Å². The first-order chi connectivity index (χ1) is 12.7. The van der Waals surface area contributed by atoms with E-state index in [1.54, 1.807) is 18.2 Å².